The van der Waals surface area contributed by atoms with Crippen LogP contribution in [0.3, 0.4) is 0 Å². The largest absolute Gasteiger partial charge is 0.380 e. The minimum absolute atomic E-state index is 0.579. The number of rotatable bonds is 2. The summed E-state index contributed by atoms with van der Waals surface area (Å²) in [6, 6.07) is 9.20. The topological polar surface area (TPSA) is 24.5 Å². The van der Waals surface area contributed by atoms with Gasteiger partial charge in [-0.15, -0.1) is 0 Å². The van der Waals surface area contributed by atoms with Crippen LogP contribution in [0.4, 0.5) is 5.69 Å². The van der Waals surface area contributed by atoms with Crippen LogP contribution in [-0.4, -0.2) is 43.8 Å². The molecule has 1 saturated heterocycles. The summed E-state index contributed by atoms with van der Waals surface area (Å²) in [6.07, 6.45) is 1.16. The second kappa shape index (κ2) is 4.44. The molecule has 0 radical (unpaired) electrons. The van der Waals surface area contributed by atoms with Gasteiger partial charge in [-0.1, -0.05) is 18.2 Å². The molecule has 0 spiro atoms. The molecule has 0 amide bonds. The van der Waals surface area contributed by atoms with Gasteiger partial charge in [0.1, 0.15) is 0 Å². The first-order chi connectivity index (χ1) is 7.92. The van der Waals surface area contributed by atoms with E-state index in [1.807, 2.05) is 0 Å². The van der Waals surface area contributed by atoms with E-state index in [9.17, 15) is 0 Å². The predicted octanol–water partition coefficient (Wildman–Crippen LogP) is 1.36. The fourth-order valence-corrected chi connectivity index (χ4v) is 2.58. The van der Waals surface area contributed by atoms with Crippen molar-refractivity contribution in [2.24, 2.45) is 0 Å². The van der Waals surface area contributed by atoms with E-state index in [0.717, 1.165) is 39.3 Å². The summed E-state index contributed by atoms with van der Waals surface area (Å²) in [5, 5.41) is 3.60. The fraction of sp³-hybridized carbons (Fsp3) is 0.538. The number of para-hydroxylation sites is 1. The average Bonchev–Trinajstić information content (AvgIpc) is 2.72. The molecule has 0 aliphatic carbocycles. The SMILES string of the molecule is c1ccc2c(c1)CC(CN1CCOCC1)N2. The molecule has 3 nitrogen and oxygen atoms in total. The molecule has 1 unspecified atom stereocenters. The van der Waals surface area contributed by atoms with E-state index >= 15 is 0 Å². The van der Waals surface area contributed by atoms with Crippen molar-refractivity contribution in [1.82, 2.24) is 4.90 Å². The van der Waals surface area contributed by atoms with Gasteiger partial charge in [-0.2, -0.15) is 0 Å². The van der Waals surface area contributed by atoms with Crippen LogP contribution in [-0.2, 0) is 11.2 Å². The van der Waals surface area contributed by atoms with Crippen LogP contribution in [0.1, 0.15) is 5.56 Å². The minimum Gasteiger partial charge on any atom is -0.380 e. The summed E-state index contributed by atoms with van der Waals surface area (Å²) in [5.74, 6) is 0. The second-order valence-electron chi connectivity index (χ2n) is 4.62. The molecule has 1 fully saturated rings. The van der Waals surface area contributed by atoms with Gasteiger partial charge in [-0.3, -0.25) is 4.90 Å². The van der Waals surface area contributed by atoms with E-state index in [4.69, 9.17) is 4.74 Å². The third-order valence-electron chi connectivity index (χ3n) is 3.43. The Morgan fingerprint density at radius 1 is 1.25 bits per heavy atom. The quantitative estimate of drug-likeness (QED) is 0.811. The highest BCUT2D eigenvalue weighted by molar-refractivity contribution is 5.56. The Labute approximate surface area is 96.4 Å². The first-order valence-electron chi connectivity index (χ1n) is 6.06. The summed E-state index contributed by atoms with van der Waals surface area (Å²) in [5.41, 5.74) is 2.78. The number of ether oxygens (including phenoxy) is 1. The van der Waals surface area contributed by atoms with E-state index in [2.05, 4.69) is 34.5 Å². The Morgan fingerprint density at radius 3 is 2.88 bits per heavy atom. The number of hydrogen-bond donors (Lipinski definition) is 1. The molecule has 0 bridgehead atoms. The number of morpholine rings is 1. The van der Waals surface area contributed by atoms with Crippen molar-refractivity contribution in [1.29, 1.82) is 0 Å². The summed E-state index contributed by atoms with van der Waals surface area (Å²) in [6.45, 7) is 5.07. The van der Waals surface area contributed by atoms with Gasteiger partial charge in [0.25, 0.3) is 0 Å². The van der Waals surface area contributed by atoms with Crippen molar-refractivity contribution >= 4 is 5.69 Å². The van der Waals surface area contributed by atoms with Gasteiger partial charge >= 0.3 is 0 Å². The van der Waals surface area contributed by atoms with Gasteiger partial charge < -0.3 is 10.1 Å². The van der Waals surface area contributed by atoms with E-state index in [0.29, 0.717) is 6.04 Å². The average molecular weight is 218 g/mol. The van der Waals surface area contributed by atoms with Crippen molar-refractivity contribution in [3.05, 3.63) is 29.8 Å². The molecule has 2 aliphatic rings. The molecule has 1 atom stereocenters. The maximum absolute atomic E-state index is 5.36. The molecule has 2 heterocycles. The lowest BCUT2D eigenvalue weighted by atomic mass is 10.1. The van der Waals surface area contributed by atoms with Crippen LogP contribution in [0.2, 0.25) is 0 Å². The number of hydrogen-bond acceptors (Lipinski definition) is 3. The molecular formula is C13H18N2O. The highest BCUT2D eigenvalue weighted by atomic mass is 16.5. The van der Waals surface area contributed by atoms with Gasteiger partial charge in [0.05, 0.1) is 13.2 Å². The van der Waals surface area contributed by atoms with Crippen LogP contribution in [0, 0.1) is 0 Å². The Hall–Kier alpha value is -1.06. The molecule has 0 aromatic heterocycles. The zero-order valence-corrected chi connectivity index (χ0v) is 9.48. The second-order valence-corrected chi connectivity index (χ2v) is 4.62. The van der Waals surface area contributed by atoms with Crippen molar-refractivity contribution in [2.45, 2.75) is 12.5 Å². The van der Waals surface area contributed by atoms with Crippen LogP contribution in [0.25, 0.3) is 0 Å². The van der Waals surface area contributed by atoms with Gasteiger partial charge in [-0.05, 0) is 18.1 Å². The molecule has 1 aromatic carbocycles. The summed E-state index contributed by atoms with van der Waals surface area (Å²) in [4.78, 5) is 2.49. The van der Waals surface area contributed by atoms with Crippen LogP contribution < -0.4 is 5.32 Å². The van der Waals surface area contributed by atoms with Crippen LogP contribution in [0.5, 0.6) is 0 Å². The van der Waals surface area contributed by atoms with E-state index < -0.39 is 0 Å². The maximum atomic E-state index is 5.36. The number of nitrogens with zero attached hydrogens (tertiary/aromatic N) is 1. The predicted molar refractivity (Wildman–Crippen MR) is 64.8 cm³/mol. The smallest absolute Gasteiger partial charge is 0.0594 e. The highest BCUT2D eigenvalue weighted by Gasteiger charge is 2.22. The number of anilines is 1. The molecule has 3 rings (SSSR count). The van der Waals surface area contributed by atoms with E-state index in [1.54, 1.807) is 0 Å². The van der Waals surface area contributed by atoms with Crippen molar-refractivity contribution < 1.29 is 4.74 Å². The Morgan fingerprint density at radius 2 is 2.06 bits per heavy atom. The zero-order valence-electron chi connectivity index (χ0n) is 9.48. The molecular weight excluding hydrogens is 200 g/mol. The standard InChI is InChI=1S/C13H18N2O/c1-2-4-13-11(3-1)9-12(14-13)10-15-5-7-16-8-6-15/h1-4,12,14H,5-10H2. The molecule has 16 heavy (non-hydrogen) atoms. The first-order valence-corrected chi connectivity index (χ1v) is 6.06. The molecule has 3 heteroatoms. The molecule has 1 aromatic rings. The molecule has 86 valence electrons. The lowest BCUT2D eigenvalue weighted by Gasteiger charge is -2.29. The van der Waals surface area contributed by atoms with E-state index in [1.165, 1.54) is 11.3 Å². The van der Waals surface area contributed by atoms with E-state index in [-0.39, 0.29) is 0 Å². The minimum atomic E-state index is 0.579. The van der Waals surface area contributed by atoms with Crippen molar-refractivity contribution in [3.63, 3.8) is 0 Å². The number of nitrogens with one attached hydrogen (secondary N) is 1. The summed E-state index contributed by atoms with van der Waals surface area (Å²) in [7, 11) is 0. The van der Waals surface area contributed by atoms with Crippen molar-refractivity contribution in [3.8, 4) is 0 Å². The van der Waals surface area contributed by atoms with Crippen molar-refractivity contribution in [2.75, 3.05) is 38.2 Å². The van der Waals surface area contributed by atoms with Gasteiger partial charge in [-0.25, -0.2) is 0 Å². The van der Waals surface area contributed by atoms with Gasteiger partial charge in [0.2, 0.25) is 0 Å². The lowest BCUT2D eigenvalue weighted by molar-refractivity contribution is 0.0364. The van der Waals surface area contributed by atoms with Crippen LogP contribution >= 0.6 is 0 Å². The molecule has 2 aliphatic heterocycles. The maximum Gasteiger partial charge on any atom is 0.0594 e. The Bertz CT molecular complexity index is 336. The summed E-state index contributed by atoms with van der Waals surface area (Å²) >= 11 is 0. The number of benzene rings is 1. The normalized spacial score (nSPS) is 25.1. The first kappa shape index (κ1) is 10.1. The van der Waals surface area contributed by atoms with Gasteiger partial charge in [0, 0.05) is 31.4 Å². The monoisotopic (exact) mass is 218 g/mol. The Kier molecular flexibility index (Phi) is 2.80. The molecule has 1 N–H and O–H groups in total. The van der Waals surface area contributed by atoms with Crippen LogP contribution in [0.15, 0.2) is 24.3 Å². The zero-order chi connectivity index (χ0) is 10.8. The third kappa shape index (κ3) is 2.06. The lowest BCUT2D eigenvalue weighted by Crippen LogP contribution is -2.42. The molecule has 0 saturated carbocycles. The Balaban J connectivity index is 1.59. The number of fused-ring (bicyclic) bond motifs is 1. The van der Waals surface area contributed by atoms with Gasteiger partial charge in [0.15, 0.2) is 0 Å². The fourth-order valence-electron chi connectivity index (χ4n) is 2.58. The highest BCUT2D eigenvalue weighted by Crippen LogP contribution is 2.25. The third-order valence-corrected chi connectivity index (χ3v) is 3.43. The summed E-state index contributed by atoms with van der Waals surface area (Å²) < 4.78 is 5.36.